The van der Waals surface area contributed by atoms with E-state index in [0.717, 1.165) is 42.9 Å². The number of aromatic nitrogens is 2. The Balaban J connectivity index is 1.48. The minimum atomic E-state index is -0.00778. The van der Waals surface area contributed by atoms with Gasteiger partial charge in [0.1, 0.15) is 11.5 Å². The number of imidazole rings is 1. The van der Waals surface area contributed by atoms with Gasteiger partial charge < -0.3 is 14.8 Å². The number of nitrogens with one attached hydrogen (secondary N) is 1. The van der Waals surface area contributed by atoms with E-state index in [1.807, 2.05) is 23.1 Å². The summed E-state index contributed by atoms with van der Waals surface area (Å²) in [6, 6.07) is 10.1. The summed E-state index contributed by atoms with van der Waals surface area (Å²) in [6.07, 6.45) is 5.95. The average Bonchev–Trinajstić information content (AvgIpc) is 2.99. The van der Waals surface area contributed by atoms with Crippen LogP contribution in [0.3, 0.4) is 0 Å². The van der Waals surface area contributed by atoms with Gasteiger partial charge in [-0.1, -0.05) is 42.8 Å². The molecule has 1 aromatic heterocycles. The van der Waals surface area contributed by atoms with Crippen LogP contribution < -0.4 is 5.32 Å². The van der Waals surface area contributed by atoms with Crippen molar-refractivity contribution in [2.24, 2.45) is 0 Å². The maximum atomic E-state index is 13.4. The van der Waals surface area contributed by atoms with Crippen LogP contribution >= 0.6 is 0 Å². The first-order chi connectivity index (χ1) is 15.2. The van der Waals surface area contributed by atoms with Crippen molar-refractivity contribution in [1.82, 2.24) is 24.7 Å². The molecule has 2 amide bonds. The number of benzene rings is 1. The Labute approximate surface area is 183 Å². The SMILES string of the molecule is C=CCNC(=O)CN1CCN(C(=O)c2nc(-c3ccccc3)n3c2CCCCC3)CC1. The molecule has 2 aliphatic rings. The molecular formula is C24H31N5O2. The van der Waals surface area contributed by atoms with Crippen LogP contribution in [0.5, 0.6) is 0 Å². The number of hydrogen-bond donors (Lipinski definition) is 1. The molecule has 164 valence electrons. The van der Waals surface area contributed by atoms with E-state index in [2.05, 4.69) is 33.5 Å². The zero-order valence-corrected chi connectivity index (χ0v) is 18.1. The molecule has 2 aliphatic heterocycles. The molecule has 1 saturated heterocycles. The van der Waals surface area contributed by atoms with E-state index in [-0.39, 0.29) is 11.8 Å². The van der Waals surface area contributed by atoms with Gasteiger partial charge in [0.05, 0.1) is 12.2 Å². The van der Waals surface area contributed by atoms with Crippen LogP contribution in [0, 0.1) is 0 Å². The van der Waals surface area contributed by atoms with Gasteiger partial charge in [-0.05, 0) is 19.3 Å². The fourth-order valence-electron chi connectivity index (χ4n) is 4.40. The van der Waals surface area contributed by atoms with Gasteiger partial charge in [0.2, 0.25) is 5.91 Å². The van der Waals surface area contributed by atoms with E-state index < -0.39 is 0 Å². The maximum Gasteiger partial charge on any atom is 0.274 e. The van der Waals surface area contributed by atoms with Crippen molar-refractivity contribution in [3.05, 3.63) is 54.4 Å². The monoisotopic (exact) mass is 421 g/mol. The van der Waals surface area contributed by atoms with Gasteiger partial charge in [-0.3, -0.25) is 14.5 Å². The summed E-state index contributed by atoms with van der Waals surface area (Å²) in [5.41, 5.74) is 2.74. The molecule has 0 unspecified atom stereocenters. The van der Waals surface area contributed by atoms with Crippen molar-refractivity contribution in [3.63, 3.8) is 0 Å². The third-order valence-corrected chi connectivity index (χ3v) is 6.07. The molecule has 0 spiro atoms. The molecule has 4 rings (SSSR count). The summed E-state index contributed by atoms with van der Waals surface area (Å²) >= 11 is 0. The largest absolute Gasteiger partial charge is 0.352 e. The van der Waals surface area contributed by atoms with Crippen LogP contribution in [0.4, 0.5) is 0 Å². The molecule has 2 aromatic rings. The highest BCUT2D eigenvalue weighted by atomic mass is 16.2. The molecule has 0 aliphatic carbocycles. The zero-order valence-electron chi connectivity index (χ0n) is 18.1. The second-order valence-corrected chi connectivity index (χ2v) is 8.22. The van der Waals surface area contributed by atoms with Crippen molar-refractivity contribution < 1.29 is 9.59 Å². The number of fused-ring (bicyclic) bond motifs is 1. The summed E-state index contributed by atoms with van der Waals surface area (Å²) in [6.45, 7) is 7.96. The third kappa shape index (κ3) is 4.88. The van der Waals surface area contributed by atoms with E-state index in [1.165, 1.54) is 6.42 Å². The molecule has 0 saturated carbocycles. The number of hydrogen-bond acceptors (Lipinski definition) is 4. The Bertz CT molecular complexity index is 929. The molecule has 0 bridgehead atoms. The van der Waals surface area contributed by atoms with Crippen molar-refractivity contribution >= 4 is 11.8 Å². The van der Waals surface area contributed by atoms with E-state index in [0.29, 0.717) is 45.0 Å². The highest BCUT2D eigenvalue weighted by molar-refractivity contribution is 5.94. The Morgan fingerprint density at radius 1 is 1.03 bits per heavy atom. The van der Waals surface area contributed by atoms with Crippen molar-refractivity contribution in [1.29, 1.82) is 0 Å². The number of carbonyl (C=O) groups excluding carboxylic acids is 2. The Morgan fingerprint density at radius 2 is 1.81 bits per heavy atom. The minimum Gasteiger partial charge on any atom is -0.352 e. The number of carbonyl (C=O) groups is 2. The van der Waals surface area contributed by atoms with Gasteiger partial charge >= 0.3 is 0 Å². The van der Waals surface area contributed by atoms with Crippen molar-refractivity contribution in [2.75, 3.05) is 39.3 Å². The van der Waals surface area contributed by atoms with Crippen LogP contribution in [-0.2, 0) is 17.8 Å². The predicted molar refractivity (Wildman–Crippen MR) is 121 cm³/mol. The third-order valence-electron chi connectivity index (χ3n) is 6.07. The molecule has 1 fully saturated rings. The lowest BCUT2D eigenvalue weighted by molar-refractivity contribution is -0.122. The second-order valence-electron chi connectivity index (χ2n) is 8.22. The molecule has 0 radical (unpaired) electrons. The van der Waals surface area contributed by atoms with Gasteiger partial charge in [-0.15, -0.1) is 6.58 Å². The second kappa shape index (κ2) is 9.92. The standard InChI is InChI=1S/C24H31N5O2/c1-2-12-25-21(30)18-27-14-16-28(17-15-27)24(31)22-20-11-7-4-8-13-29(20)23(26-22)19-9-5-3-6-10-19/h2-3,5-6,9-10H,1,4,7-8,11-18H2,(H,25,30). The first kappa shape index (κ1) is 21.3. The van der Waals surface area contributed by atoms with Crippen LogP contribution in [0.2, 0.25) is 0 Å². The highest BCUT2D eigenvalue weighted by Gasteiger charge is 2.29. The van der Waals surface area contributed by atoms with Gasteiger partial charge in [0.25, 0.3) is 5.91 Å². The van der Waals surface area contributed by atoms with Crippen LogP contribution in [0.15, 0.2) is 43.0 Å². The van der Waals surface area contributed by atoms with E-state index in [4.69, 9.17) is 4.98 Å². The predicted octanol–water partition coefficient (Wildman–Crippen LogP) is 2.34. The first-order valence-electron chi connectivity index (χ1n) is 11.2. The van der Waals surface area contributed by atoms with Crippen LogP contribution in [0.25, 0.3) is 11.4 Å². The summed E-state index contributed by atoms with van der Waals surface area (Å²) in [5.74, 6) is 0.911. The number of rotatable bonds is 6. The van der Waals surface area contributed by atoms with Crippen molar-refractivity contribution in [3.8, 4) is 11.4 Å². The van der Waals surface area contributed by atoms with Gasteiger partial charge in [0.15, 0.2) is 0 Å². The molecule has 1 N–H and O–H groups in total. The average molecular weight is 422 g/mol. The fourth-order valence-corrected chi connectivity index (χ4v) is 4.40. The topological polar surface area (TPSA) is 70.5 Å². The van der Waals surface area contributed by atoms with E-state index >= 15 is 0 Å². The number of amides is 2. The van der Waals surface area contributed by atoms with Gasteiger partial charge in [-0.25, -0.2) is 4.98 Å². The van der Waals surface area contributed by atoms with Crippen LogP contribution in [0.1, 0.15) is 35.4 Å². The highest BCUT2D eigenvalue weighted by Crippen LogP contribution is 2.28. The molecule has 7 heteroatoms. The summed E-state index contributed by atoms with van der Waals surface area (Å²) < 4.78 is 2.26. The molecule has 7 nitrogen and oxygen atoms in total. The molecule has 3 heterocycles. The Hall–Kier alpha value is -2.93. The Kier molecular flexibility index (Phi) is 6.82. The Morgan fingerprint density at radius 3 is 2.55 bits per heavy atom. The summed E-state index contributed by atoms with van der Waals surface area (Å²) in [7, 11) is 0. The normalized spacial score (nSPS) is 17.0. The smallest absolute Gasteiger partial charge is 0.274 e. The lowest BCUT2D eigenvalue weighted by Gasteiger charge is -2.34. The van der Waals surface area contributed by atoms with Gasteiger partial charge in [0, 0.05) is 44.8 Å². The lowest BCUT2D eigenvalue weighted by atomic mass is 10.1. The first-order valence-corrected chi connectivity index (χ1v) is 11.2. The molecule has 31 heavy (non-hydrogen) atoms. The summed E-state index contributed by atoms with van der Waals surface area (Å²) in [5, 5.41) is 2.81. The zero-order chi connectivity index (χ0) is 21.6. The molecular weight excluding hydrogens is 390 g/mol. The minimum absolute atomic E-state index is 0.00778. The van der Waals surface area contributed by atoms with Crippen LogP contribution in [-0.4, -0.2) is 70.4 Å². The fraction of sp³-hybridized carbons (Fsp3) is 0.458. The number of nitrogens with zero attached hydrogens (tertiary/aromatic N) is 4. The quantitative estimate of drug-likeness (QED) is 0.727. The summed E-state index contributed by atoms with van der Waals surface area (Å²) in [4.78, 5) is 34.2. The number of piperazine rings is 1. The van der Waals surface area contributed by atoms with Crippen molar-refractivity contribution in [2.45, 2.75) is 32.2 Å². The van der Waals surface area contributed by atoms with E-state index in [9.17, 15) is 9.59 Å². The van der Waals surface area contributed by atoms with E-state index in [1.54, 1.807) is 6.08 Å². The van der Waals surface area contributed by atoms with Gasteiger partial charge in [-0.2, -0.15) is 0 Å². The lowest BCUT2D eigenvalue weighted by Crippen LogP contribution is -2.51. The maximum absolute atomic E-state index is 13.4. The molecule has 1 aromatic carbocycles. The molecule has 0 atom stereocenters.